The van der Waals surface area contributed by atoms with Gasteiger partial charge in [-0.15, -0.1) is 11.3 Å². The summed E-state index contributed by atoms with van der Waals surface area (Å²) in [6, 6.07) is 4.62. The van der Waals surface area contributed by atoms with E-state index >= 15 is 0 Å². The van der Waals surface area contributed by atoms with Gasteiger partial charge in [-0.2, -0.15) is 0 Å². The molecule has 1 aromatic heterocycles. The highest BCUT2D eigenvalue weighted by atomic mass is 32.1. The van der Waals surface area contributed by atoms with Gasteiger partial charge in [-0.05, 0) is 23.8 Å². The van der Waals surface area contributed by atoms with Gasteiger partial charge >= 0.3 is 0 Å². The number of thiophene rings is 1. The number of nitrogens with one attached hydrogen (secondary N) is 1. The molecule has 0 aromatic carbocycles. The molecule has 1 saturated carbocycles. The van der Waals surface area contributed by atoms with Crippen LogP contribution in [0.3, 0.4) is 0 Å². The van der Waals surface area contributed by atoms with E-state index in [-0.39, 0.29) is 0 Å². The largest absolute Gasteiger partial charge is 0.271 e. The number of hydrazine groups is 1. The molecular formula is C9H14N2S. The van der Waals surface area contributed by atoms with Crippen molar-refractivity contribution in [2.75, 3.05) is 0 Å². The molecule has 0 bridgehead atoms. The Morgan fingerprint density at radius 3 is 3.00 bits per heavy atom. The lowest BCUT2D eigenvalue weighted by Gasteiger charge is -2.12. The van der Waals surface area contributed by atoms with Gasteiger partial charge < -0.3 is 0 Å². The Bertz CT molecular complexity index is 229. The highest BCUT2D eigenvalue weighted by molar-refractivity contribution is 7.10. The number of nitrogens with two attached hydrogens (primary N) is 1. The molecule has 0 saturated heterocycles. The van der Waals surface area contributed by atoms with Gasteiger partial charge in [0.05, 0.1) is 6.04 Å². The highest BCUT2D eigenvalue weighted by Crippen LogP contribution is 2.38. The lowest BCUT2D eigenvalue weighted by Crippen LogP contribution is -2.27. The Morgan fingerprint density at radius 1 is 1.67 bits per heavy atom. The molecule has 3 heteroatoms. The summed E-state index contributed by atoms with van der Waals surface area (Å²) in [6.07, 6.45) is 3.99. The molecule has 1 aliphatic rings. The maximum absolute atomic E-state index is 5.50. The van der Waals surface area contributed by atoms with Crippen LogP contribution < -0.4 is 11.3 Å². The van der Waals surface area contributed by atoms with Crippen LogP contribution in [0.2, 0.25) is 0 Å². The van der Waals surface area contributed by atoms with Crippen molar-refractivity contribution in [1.82, 2.24) is 5.43 Å². The number of hydrogen-bond donors (Lipinski definition) is 2. The summed E-state index contributed by atoms with van der Waals surface area (Å²) in [5.41, 5.74) is 2.89. The van der Waals surface area contributed by atoms with Crippen molar-refractivity contribution in [3.8, 4) is 0 Å². The first-order valence-corrected chi connectivity index (χ1v) is 5.27. The predicted octanol–water partition coefficient (Wildman–Crippen LogP) is 2.05. The summed E-state index contributed by atoms with van der Waals surface area (Å²) in [5.74, 6) is 6.42. The Balaban J connectivity index is 1.97. The third-order valence-corrected chi connectivity index (χ3v) is 3.34. The molecule has 0 aliphatic heterocycles. The van der Waals surface area contributed by atoms with Crippen LogP contribution in [0.4, 0.5) is 0 Å². The summed E-state index contributed by atoms with van der Waals surface area (Å²) < 4.78 is 0. The SMILES string of the molecule is NNC(CC1CC1)c1cccs1. The second kappa shape index (κ2) is 3.56. The molecule has 0 spiro atoms. The third kappa shape index (κ3) is 1.86. The van der Waals surface area contributed by atoms with E-state index in [0.29, 0.717) is 6.04 Å². The Morgan fingerprint density at radius 2 is 2.50 bits per heavy atom. The molecule has 2 rings (SSSR count). The lowest BCUT2D eigenvalue weighted by atomic mass is 10.1. The van der Waals surface area contributed by atoms with Crippen LogP contribution in [-0.4, -0.2) is 0 Å². The van der Waals surface area contributed by atoms with Gasteiger partial charge in [-0.1, -0.05) is 18.9 Å². The first kappa shape index (κ1) is 8.23. The molecule has 1 fully saturated rings. The maximum Gasteiger partial charge on any atom is 0.0555 e. The first-order chi connectivity index (χ1) is 5.90. The normalized spacial score (nSPS) is 19.4. The summed E-state index contributed by atoms with van der Waals surface area (Å²) in [7, 11) is 0. The Kier molecular flexibility index (Phi) is 2.44. The van der Waals surface area contributed by atoms with E-state index in [0.717, 1.165) is 5.92 Å². The van der Waals surface area contributed by atoms with Crippen LogP contribution in [0, 0.1) is 5.92 Å². The smallest absolute Gasteiger partial charge is 0.0555 e. The molecule has 2 nitrogen and oxygen atoms in total. The maximum atomic E-state index is 5.50. The standard InChI is InChI=1S/C9H14N2S/c10-11-8(6-7-3-4-7)9-2-1-5-12-9/h1-2,5,7-8,11H,3-4,6,10H2. The summed E-state index contributed by atoms with van der Waals surface area (Å²) in [5, 5.41) is 2.10. The summed E-state index contributed by atoms with van der Waals surface area (Å²) in [4.78, 5) is 1.37. The molecular weight excluding hydrogens is 168 g/mol. The quantitative estimate of drug-likeness (QED) is 0.552. The zero-order valence-electron chi connectivity index (χ0n) is 6.99. The monoisotopic (exact) mass is 182 g/mol. The average Bonchev–Trinajstić information content (AvgIpc) is 2.74. The molecule has 1 heterocycles. The molecule has 1 aromatic rings. The fourth-order valence-electron chi connectivity index (χ4n) is 1.44. The topological polar surface area (TPSA) is 38.0 Å². The molecule has 0 amide bonds. The minimum atomic E-state index is 0.387. The van der Waals surface area contributed by atoms with Gasteiger partial charge in [0.2, 0.25) is 0 Å². The van der Waals surface area contributed by atoms with Gasteiger partial charge in [0.1, 0.15) is 0 Å². The van der Waals surface area contributed by atoms with Gasteiger partial charge in [0.15, 0.2) is 0 Å². The van der Waals surface area contributed by atoms with E-state index < -0.39 is 0 Å². The average molecular weight is 182 g/mol. The Hall–Kier alpha value is -0.380. The van der Waals surface area contributed by atoms with Crippen LogP contribution in [0.25, 0.3) is 0 Å². The zero-order chi connectivity index (χ0) is 8.39. The molecule has 66 valence electrons. The second-order valence-electron chi connectivity index (χ2n) is 3.41. The van der Waals surface area contributed by atoms with Gasteiger partial charge in [0, 0.05) is 4.88 Å². The zero-order valence-corrected chi connectivity index (χ0v) is 7.81. The van der Waals surface area contributed by atoms with Crippen molar-refractivity contribution in [2.45, 2.75) is 25.3 Å². The molecule has 1 unspecified atom stereocenters. The molecule has 3 N–H and O–H groups in total. The van der Waals surface area contributed by atoms with Crippen LogP contribution in [0.15, 0.2) is 17.5 Å². The van der Waals surface area contributed by atoms with Crippen molar-refractivity contribution < 1.29 is 0 Å². The van der Waals surface area contributed by atoms with Crippen LogP contribution in [-0.2, 0) is 0 Å². The van der Waals surface area contributed by atoms with Crippen molar-refractivity contribution in [3.63, 3.8) is 0 Å². The number of rotatable bonds is 4. The first-order valence-electron chi connectivity index (χ1n) is 4.39. The minimum absolute atomic E-state index is 0.387. The fourth-order valence-corrected chi connectivity index (χ4v) is 2.24. The van der Waals surface area contributed by atoms with Crippen LogP contribution in [0.5, 0.6) is 0 Å². The van der Waals surface area contributed by atoms with Crippen molar-refractivity contribution in [2.24, 2.45) is 11.8 Å². The molecule has 1 atom stereocenters. The number of hydrogen-bond acceptors (Lipinski definition) is 3. The van der Waals surface area contributed by atoms with Gasteiger partial charge in [-0.3, -0.25) is 11.3 Å². The predicted molar refractivity (Wildman–Crippen MR) is 51.7 cm³/mol. The summed E-state index contributed by atoms with van der Waals surface area (Å²) in [6.45, 7) is 0. The van der Waals surface area contributed by atoms with E-state index in [1.807, 2.05) is 0 Å². The van der Waals surface area contributed by atoms with Crippen molar-refractivity contribution in [3.05, 3.63) is 22.4 Å². The van der Waals surface area contributed by atoms with Crippen LogP contribution in [0.1, 0.15) is 30.2 Å². The Labute approximate surface area is 76.8 Å². The van der Waals surface area contributed by atoms with E-state index in [2.05, 4.69) is 22.9 Å². The van der Waals surface area contributed by atoms with Crippen molar-refractivity contribution in [1.29, 1.82) is 0 Å². The molecule has 1 aliphatic carbocycles. The third-order valence-electron chi connectivity index (χ3n) is 2.35. The van der Waals surface area contributed by atoms with Gasteiger partial charge in [-0.25, -0.2) is 0 Å². The van der Waals surface area contributed by atoms with E-state index in [9.17, 15) is 0 Å². The second-order valence-corrected chi connectivity index (χ2v) is 4.39. The van der Waals surface area contributed by atoms with E-state index in [1.165, 1.54) is 24.1 Å². The molecule has 0 radical (unpaired) electrons. The molecule has 12 heavy (non-hydrogen) atoms. The van der Waals surface area contributed by atoms with Crippen molar-refractivity contribution >= 4 is 11.3 Å². The fraction of sp³-hybridized carbons (Fsp3) is 0.556. The van der Waals surface area contributed by atoms with Crippen LogP contribution >= 0.6 is 11.3 Å². The van der Waals surface area contributed by atoms with Gasteiger partial charge in [0.25, 0.3) is 0 Å². The summed E-state index contributed by atoms with van der Waals surface area (Å²) >= 11 is 1.78. The highest BCUT2D eigenvalue weighted by Gasteiger charge is 2.25. The lowest BCUT2D eigenvalue weighted by molar-refractivity contribution is 0.494. The van der Waals surface area contributed by atoms with E-state index in [4.69, 9.17) is 5.84 Å². The van der Waals surface area contributed by atoms with E-state index in [1.54, 1.807) is 11.3 Å². The minimum Gasteiger partial charge on any atom is -0.271 e.